The third-order valence-electron chi connectivity index (χ3n) is 3.74. The number of alkyl halides is 5. The summed E-state index contributed by atoms with van der Waals surface area (Å²) in [5.74, 6) is -3.58. The molecule has 138 valence electrons. The maximum Gasteiger partial charge on any atom is 0.417 e. The predicted octanol–water partition coefficient (Wildman–Crippen LogP) is 3.35. The van der Waals surface area contributed by atoms with Crippen LogP contribution in [0.2, 0.25) is 5.02 Å². The van der Waals surface area contributed by atoms with Gasteiger partial charge in [0.1, 0.15) is 12.6 Å². The Morgan fingerprint density at radius 1 is 1.17 bits per heavy atom. The van der Waals surface area contributed by atoms with Crippen LogP contribution in [0.5, 0.6) is 0 Å². The van der Waals surface area contributed by atoms with Crippen LogP contribution < -0.4 is 5.32 Å². The SMILES string of the molecule is Cl.OCC(F)(F)[C@H](c1ccc(Cl)c(C(F)(F)F)c1)N1CCNCC1. The topological polar surface area (TPSA) is 35.5 Å². The van der Waals surface area contributed by atoms with Gasteiger partial charge in [0, 0.05) is 26.2 Å². The van der Waals surface area contributed by atoms with E-state index in [9.17, 15) is 22.0 Å². The van der Waals surface area contributed by atoms with Crippen molar-refractivity contribution in [2.24, 2.45) is 0 Å². The van der Waals surface area contributed by atoms with Gasteiger partial charge in [-0.05, 0) is 17.7 Å². The van der Waals surface area contributed by atoms with E-state index in [-0.39, 0.29) is 31.1 Å². The number of aliphatic hydroxyl groups excluding tert-OH is 1. The van der Waals surface area contributed by atoms with Gasteiger partial charge in [-0.15, -0.1) is 12.4 Å². The van der Waals surface area contributed by atoms with E-state index >= 15 is 0 Å². The molecule has 1 aliphatic heterocycles. The van der Waals surface area contributed by atoms with Crippen molar-refractivity contribution in [3.63, 3.8) is 0 Å². The predicted molar refractivity (Wildman–Crippen MR) is 82.9 cm³/mol. The lowest BCUT2D eigenvalue weighted by atomic mass is 9.96. The molecule has 1 aliphatic rings. The molecule has 0 saturated carbocycles. The largest absolute Gasteiger partial charge is 0.417 e. The number of aliphatic hydroxyl groups is 1. The van der Waals surface area contributed by atoms with Crippen LogP contribution in [0.1, 0.15) is 17.2 Å². The molecule has 2 rings (SSSR count). The Hall–Kier alpha value is -0.670. The van der Waals surface area contributed by atoms with Gasteiger partial charge in [0.05, 0.1) is 10.6 Å². The summed E-state index contributed by atoms with van der Waals surface area (Å²) in [5, 5.41) is 11.4. The first-order valence-corrected chi connectivity index (χ1v) is 7.34. The number of hydrogen-bond donors (Lipinski definition) is 2. The fourth-order valence-corrected chi connectivity index (χ4v) is 2.90. The van der Waals surface area contributed by atoms with E-state index in [1.165, 1.54) is 4.90 Å². The Bertz CT molecular complexity index is 550. The maximum atomic E-state index is 14.2. The molecule has 1 heterocycles. The van der Waals surface area contributed by atoms with Gasteiger partial charge in [-0.2, -0.15) is 13.2 Å². The summed E-state index contributed by atoms with van der Waals surface area (Å²) in [6.45, 7) is -0.0878. The van der Waals surface area contributed by atoms with Crippen LogP contribution in [0, 0.1) is 0 Å². The van der Waals surface area contributed by atoms with Crippen LogP contribution in [-0.2, 0) is 6.18 Å². The molecule has 1 fully saturated rings. The number of piperazine rings is 1. The number of benzene rings is 1. The van der Waals surface area contributed by atoms with Gasteiger partial charge in [-0.3, -0.25) is 4.90 Å². The van der Waals surface area contributed by atoms with Crippen molar-refractivity contribution in [3.05, 3.63) is 34.3 Å². The van der Waals surface area contributed by atoms with Gasteiger partial charge in [0.2, 0.25) is 0 Å². The number of nitrogens with one attached hydrogen (secondary N) is 1. The van der Waals surface area contributed by atoms with Crippen LogP contribution in [-0.4, -0.2) is 48.7 Å². The maximum absolute atomic E-state index is 14.2. The quantitative estimate of drug-likeness (QED) is 0.768. The van der Waals surface area contributed by atoms with E-state index in [1.54, 1.807) is 0 Å². The summed E-state index contributed by atoms with van der Waals surface area (Å²) < 4.78 is 67.3. The zero-order valence-electron chi connectivity index (χ0n) is 12.4. The molecule has 10 heteroatoms. The average Bonchev–Trinajstić information content (AvgIpc) is 2.49. The smallest absolute Gasteiger partial charge is 0.390 e. The molecule has 0 radical (unpaired) electrons. The number of nitrogens with zero attached hydrogens (tertiary/aromatic N) is 1. The van der Waals surface area contributed by atoms with Gasteiger partial charge in [-0.25, -0.2) is 8.78 Å². The summed E-state index contributed by atoms with van der Waals surface area (Å²) in [7, 11) is 0. The van der Waals surface area contributed by atoms with Gasteiger partial charge < -0.3 is 10.4 Å². The highest BCUT2D eigenvalue weighted by atomic mass is 35.5. The molecule has 0 spiro atoms. The first-order chi connectivity index (χ1) is 10.7. The normalized spacial score (nSPS) is 18.1. The Labute approximate surface area is 147 Å². The second-order valence-electron chi connectivity index (χ2n) is 5.34. The lowest BCUT2D eigenvalue weighted by Gasteiger charge is -2.39. The monoisotopic (exact) mass is 394 g/mol. The Morgan fingerprint density at radius 3 is 2.25 bits per heavy atom. The molecule has 1 aromatic rings. The van der Waals surface area contributed by atoms with Gasteiger partial charge in [-0.1, -0.05) is 17.7 Å². The number of rotatable bonds is 4. The zero-order valence-corrected chi connectivity index (χ0v) is 14.0. The number of hydrogen-bond acceptors (Lipinski definition) is 3. The molecule has 1 aromatic carbocycles. The minimum absolute atomic E-state index is 0. The third-order valence-corrected chi connectivity index (χ3v) is 4.07. The molecule has 24 heavy (non-hydrogen) atoms. The third kappa shape index (κ3) is 4.70. The lowest BCUT2D eigenvalue weighted by Crippen LogP contribution is -2.51. The summed E-state index contributed by atoms with van der Waals surface area (Å²) in [4.78, 5) is 1.37. The minimum Gasteiger partial charge on any atom is -0.390 e. The molecule has 3 nitrogen and oxygen atoms in total. The average molecular weight is 395 g/mol. The summed E-state index contributed by atoms with van der Waals surface area (Å²) in [6, 6.07) is 1.10. The zero-order chi connectivity index (χ0) is 17.3. The Kier molecular flexibility index (Phi) is 7.25. The molecule has 0 aromatic heterocycles. The van der Waals surface area contributed by atoms with Crippen molar-refractivity contribution in [1.82, 2.24) is 10.2 Å². The second-order valence-corrected chi connectivity index (χ2v) is 5.75. The summed E-state index contributed by atoms with van der Waals surface area (Å²) in [5.41, 5.74) is -1.38. The van der Waals surface area contributed by atoms with Crippen LogP contribution >= 0.6 is 24.0 Å². The summed E-state index contributed by atoms with van der Waals surface area (Å²) >= 11 is 5.54. The van der Waals surface area contributed by atoms with E-state index in [4.69, 9.17) is 16.7 Å². The van der Waals surface area contributed by atoms with Crippen molar-refractivity contribution in [2.75, 3.05) is 32.8 Å². The highest BCUT2D eigenvalue weighted by Crippen LogP contribution is 2.41. The first kappa shape index (κ1) is 21.4. The standard InChI is InChI=1S/C14H16ClF5N2O.ClH/c15-11-2-1-9(7-10(11)14(18,19)20)12(13(16,17)8-23)22-5-3-21-4-6-22;/h1-2,7,12,21,23H,3-6,8H2;1H/t12-;/m0./s1. The first-order valence-electron chi connectivity index (χ1n) is 6.97. The van der Waals surface area contributed by atoms with E-state index in [0.29, 0.717) is 19.2 Å². The Morgan fingerprint density at radius 2 is 1.75 bits per heavy atom. The van der Waals surface area contributed by atoms with Crippen LogP contribution in [0.25, 0.3) is 0 Å². The summed E-state index contributed by atoms with van der Waals surface area (Å²) in [6.07, 6.45) is -4.74. The minimum atomic E-state index is -4.74. The number of halogens is 7. The van der Waals surface area contributed by atoms with Crippen LogP contribution in [0.15, 0.2) is 18.2 Å². The van der Waals surface area contributed by atoms with E-state index in [2.05, 4.69) is 5.32 Å². The lowest BCUT2D eigenvalue weighted by molar-refractivity contribution is -0.138. The van der Waals surface area contributed by atoms with E-state index in [0.717, 1.165) is 12.1 Å². The van der Waals surface area contributed by atoms with Crippen molar-refractivity contribution >= 4 is 24.0 Å². The molecule has 0 unspecified atom stereocenters. The van der Waals surface area contributed by atoms with E-state index < -0.39 is 35.3 Å². The van der Waals surface area contributed by atoms with Crippen molar-refractivity contribution < 1.29 is 27.1 Å². The molecule has 2 N–H and O–H groups in total. The highest BCUT2D eigenvalue weighted by molar-refractivity contribution is 6.31. The van der Waals surface area contributed by atoms with E-state index in [1.807, 2.05) is 0 Å². The second kappa shape index (κ2) is 8.14. The van der Waals surface area contributed by atoms with Crippen LogP contribution in [0.4, 0.5) is 22.0 Å². The van der Waals surface area contributed by atoms with Crippen molar-refractivity contribution in [1.29, 1.82) is 0 Å². The van der Waals surface area contributed by atoms with Crippen molar-refractivity contribution in [3.8, 4) is 0 Å². The highest BCUT2D eigenvalue weighted by Gasteiger charge is 2.45. The Balaban J connectivity index is 0.00000288. The molecular weight excluding hydrogens is 378 g/mol. The fraction of sp³-hybridized carbons (Fsp3) is 0.571. The van der Waals surface area contributed by atoms with Gasteiger partial charge in [0.25, 0.3) is 5.92 Å². The molecule has 1 atom stereocenters. The van der Waals surface area contributed by atoms with Crippen molar-refractivity contribution in [2.45, 2.75) is 18.1 Å². The molecule has 0 amide bonds. The molecule has 0 bridgehead atoms. The fourth-order valence-electron chi connectivity index (χ4n) is 2.68. The molecule has 0 aliphatic carbocycles. The molecule has 1 saturated heterocycles. The van der Waals surface area contributed by atoms with Gasteiger partial charge >= 0.3 is 6.18 Å². The van der Waals surface area contributed by atoms with Gasteiger partial charge in [0.15, 0.2) is 0 Å². The molecular formula is C14H17Cl2F5N2O. The van der Waals surface area contributed by atoms with Crippen LogP contribution in [0.3, 0.4) is 0 Å².